The molecular formula is C15H15NO4. The first kappa shape index (κ1) is 13.9. The normalized spacial score (nSPS) is 10.9. The Labute approximate surface area is 116 Å². The number of methoxy groups -OCH3 is 1. The van der Waals surface area contributed by atoms with Crippen molar-refractivity contribution in [1.82, 2.24) is 0 Å². The molecule has 2 rings (SSSR count). The molecule has 5 heteroatoms. The van der Waals surface area contributed by atoms with E-state index < -0.39 is 0 Å². The number of anilines is 1. The molecule has 1 N–H and O–H groups in total. The zero-order valence-corrected chi connectivity index (χ0v) is 11.5. The number of hydrogen-bond acceptors (Lipinski definition) is 4. The number of Topliss-reactive ketones (excluding diaryl/α,β-unsaturated/α-hetero) is 1. The summed E-state index contributed by atoms with van der Waals surface area (Å²) in [5.74, 6) is 0.0402. The highest BCUT2D eigenvalue weighted by molar-refractivity contribution is 6.13. The number of ether oxygens (including phenoxy) is 1. The van der Waals surface area contributed by atoms with Crippen molar-refractivity contribution in [1.29, 1.82) is 0 Å². The number of carbonyl (C=O) groups is 2. The molecule has 0 atom stereocenters. The van der Waals surface area contributed by atoms with Crippen LogP contribution in [0, 0.1) is 0 Å². The van der Waals surface area contributed by atoms with Crippen molar-refractivity contribution in [2.75, 3.05) is 12.4 Å². The predicted molar refractivity (Wildman–Crippen MR) is 76.2 cm³/mol. The van der Waals surface area contributed by atoms with Crippen LogP contribution in [0.4, 0.5) is 5.69 Å². The number of allylic oxidation sites excluding steroid dienone is 1. The van der Waals surface area contributed by atoms with Gasteiger partial charge in [-0.15, -0.1) is 0 Å². The monoisotopic (exact) mass is 273 g/mol. The molecule has 0 aliphatic rings. The van der Waals surface area contributed by atoms with Gasteiger partial charge in [0.15, 0.2) is 22.9 Å². The van der Waals surface area contributed by atoms with Crippen LogP contribution in [0.15, 0.2) is 34.8 Å². The number of carbonyl (C=O) groups excluding carboxylic acids is 2. The van der Waals surface area contributed by atoms with Crippen LogP contribution in [-0.4, -0.2) is 18.8 Å². The SMILES string of the molecule is C/C=C/C(=O)Nc1c(C(C)=O)oc2c(OC)cccc12. The minimum Gasteiger partial charge on any atom is -0.493 e. The topological polar surface area (TPSA) is 68.5 Å². The smallest absolute Gasteiger partial charge is 0.248 e. The zero-order valence-electron chi connectivity index (χ0n) is 11.5. The molecule has 20 heavy (non-hydrogen) atoms. The number of rotatable bonds is 4. The van der Waals surface area contributed by atoms with Gasteiger partial charge in [-0.1, -0.05) is 12.1 Å². The first-order valence-electron chi connectivity index (χ1n) is 6.12. The van der Waals surface area contributed by atoms with Crippen LogP contribution >= 0.6 is 0 Å². The Hall–Kier alpha value is -2.56. The van der Waals surface area contributed by atoms with Crippen LogP contribution < -0.4 is 10.1 Å². The average Bonchev–Trinajstić information content (AvgIpc) is 2.78. The van der Waals surface area contributed by atoms with E-state index in [4.69, 9.17) is 9.15 Å². The first-order valence-corrected chi connectivity index (χ1v) is 6.12. The Balaban J connectivity index is 2.63. The van der Waals surface area contributed by atoms with E-state index in [1.54, 1.807) is 31.2 Å². The van der Waals surface area contributed by atoms with Gasteiger partial charge in [-0.3, -0.25) is 9.59 Å². The minimum atomic E-state index is -0.319. The Morgan fingerprint density at radius 3 is 2.70 bits per heavy atom. The molecule has 0 unspecified atom stereocenters. The zero-order chi connectivity index (χ0) is 14.7. The van der Waals surface area contributed by atoms with E-state index in [1.807, 2.05) is 0 Å². The van der Waals surface area contributed by atoms with Crippen molar-refractivity contribution < 1.29 is 18.7 Å². The number of para-hydroxylation sites is 1. The molecule has 0 saturated carbocycles. The second-order valence-corrected chi connectivity index (χ2v) is 4.19. The van der Waals surface area contributed by atoms with Crippen LogP contribution in [0.1, 0.15) is 24.4 Å². The molecule has 0 aliphatic carbocycles. The van der Waals surface area contributed by atoms with E-state index in [0.29, 0.717) is 22.4 Å². The molecule has 0 spiro atoms. The largest absolute Gasteiger partial charge is 0.493 e. The van der Waals surface area contributed by atoms with Gasteiger partial charge in [0.1, 0.15) is 0 Å². The molecule has 104 valence electrons. The van der Waals surface area contributed by atoms with Crippen LogP contribution in [-0.2, 0) is 4.79 Å². The Morgan fingerprint density at radius 1 is 1.35 bits per heavy atom. The summed E-state index contributed by atoms with van der Waals surface area (Å²) in [6, 6.07) is 5.26. The lowest BCUT2D eigenvalue weighted by molar-refractivity contribution is -0.111. The van der Waals surface area contributed by atoms with Crippen LogP contribution in [0.5, 0.6) is 5.75 Å². The van der Waals surface area contributed by atoms with Gasteiger partial charge < -0.3 is 14.5 Å². The Kier molecular flexibility index (Phi) is 3.89. The first-order chi connectivity index (χ1) is 9.58. The molecule has 1 aromatic carbocycles. The van der Waals surface area contributed by atoms with Crippen molar-refractivity contribution in [2.24, 2.45) is 0 Å². The van der Waals surface area contributed by atoms with Crippen molar-refractivity contribution in [2.45, 2.75) is 13.8 Å². The fourth-order valence-electron chi connectivity index (χ4n) is 1.94. The highest BCUT2D eigenvalue weighted by Crippen LogP contribution is 2.36. The third-order valence-electron chi connectivity index (χ3n) is 2.79. The molecule has 5 nitrogen and oxygen atoms in total. The summed E-state index contributed by atoms with van der Waals surface area (Å²) >= 11 is 0. The Morgan fingerprint density at radius 2 is 2.10 bits per heavy atom. The number of ketones is 1. The molecule has 0 bridgehead atoms. The van der Waals surface area contributed by atoms with Gasteiger partial charge in [-0.05, 0) is 25.1 Å². The average molecular weight is 273 g/mol. The number of amides is 1. The maximum absolute atomic E-state index is 11.7. The lowest BCUT2D eigenvalue weighted by Crippen LogP contribution is -2.09. The molecule has 0 saturated heterocycles. The lowest BCUT2D eigenvalue weighted by Gasteiger charge is -2.02. The second-order valence-electron chi connectivity index (χ2n) is 4.19. The summed E-state index contributed by atoms with van der Waals surface area (Å²) < 4.78 is 10.7. The predicted octanol–water partition coefficient (Wildman–Crippen LogP) is 3.16. The molecule has 0 radical (unpaired) electrons. The Bertz CT molecular complexity index is 697. The number of benzene rings is 1. The number of furan rings is 1. The van der Waals surface area contributed by atoms with Crippen LogP contribution in [0.2, 0.25) is 0 Å². The van der Waals surface area contributed by atoms with E-state index >= 15 is 0 Å². The second kappa shape index (κ2) is 5.61. The van der Waals surface area contributed by atoms with Gasteiger partial charge in [0, 0.05) is 12.3 Å². The van der Waals surface area contributed by atoms with Gasteiger partial charge >= 0.3 is 0 Å². The molecule has 0 fully saturated rings. The summed E-state index contributed by atoms with van der Waals surface area (Å²) in [5.41, 5.74) is 0.811. The van der Waals surface area contributed by atoms with Crippen molar-refractivity contribution in [3.8, 4) is 5.75 Å². The molecular weight excluding hydrogens is 258 g/mol. The summed E-state index contributed by atoms with van der Waals surface area (Å²) in [5, 5.41) is 3.30. The summed E-state index contributed by atoms with van der Waals surface area (Å²) in [6.07, 6.45) is 2.99. The van der Waals surface area contributed by atoms with Crippen LogP contribution in [0.25, 0.3) is 11.0 Å². The van der Waals surface area contributed by atoms with Gasteiger partial charge in [0.2, 0.25) is 5.91 Å². The summed E-state index contributed by atoms with van der Waals surface area (Å²) in [7, 11) is 1.52. The van der Waals surface area contributed by atoms with Crippen molar-refractivity contribution in [3.05, 3.63) is 36.1 Å². The molecule has 2 aromatic rings. The molecule has 1 amide bonds. The quantitative estimate of drug-likeness (QED) is 0.686. The number of nitrogens with one attached hydrogen (secondary N) is 1. The standard InChI is InChI=1S/C15H15NO4/c1-4-6-12(18)16-13-10-7-5-8-11(19-3)15(10)20-14(13)9(2)17/h4-8H,1-3H3,(H,16,18)/b6-4+. The van der Waals surface area contributed by atoms with Gasteiger partial charge in [0.25, 0.3) is 0 Å². The maximum Gasteiger partial charge on any atom is 0.248 e. The summed E-state index contributed by atoms with van der Waals surface area (Å²) in [4.78, 5) is 23.4. The third-order valence-corrected chi connectivity index (χ3v) is 2.79. The molecule has 1 heterocycles. The van der Waals surface area contributed by atoms with Gasteiger partial charge in [-0.25, -0.2) is 0 Å². The lowest BCUT2D eigenvalue weighted by atomic mass is 10.2. The van der Waals surface area contributed by atoms with Crippen molar-refractivity contribution in [3.63, 3.8) is 0 Å². The van der Waals surface area contributed by atoms with Gasteiger partial charge in [-0.2, -0.15) is 0 Å². The number of hydrogen-bond donors (Lipinski definition) is 1. The highest BCUT2D eigenvalue weighted by Gasteiger charge is 2.21. The van der Waals surface area contributed by atoms with E-state index in [-0.39, 0.29) is 17.5 Å². The molecule has 0 aliphatic heterocycles. The fourth-order valence-corrected chi connectivity index (χ4v) is 1.94. The molecule has 1 aromatic heterocycles. The van der Waals surface area contributed by atoms with E-state index in [9.17, 15) is 9.59 Å². The van der Waals surface area contributed by atoms with Crippen LogP contribution in [0.3, 0.4) is 0 Å². The van der Waals surface area contributed by atoms with E-state index in [2.05, 4.69) is 5.32 Å². The fraction of sp³-hybridized carbons (Fsp3) is 0.200. The number of fused-ring (bicyclic) bond motifs is 1. The van der Waals surface area contributed by atoms with Crippen molar-refractivity contribution >= 4 is 28.3 Å². The minimum absolute atomic E-state index is 0.113. The maximum atomic E-state index is 11.7. The summed E-state index contributed by atoms with van der Waals surface area (Å²) in [6.45, 7) is 3.12. The van der Waals surface area contributed by atoms with E-state index in [0.717, 1.165) is 0 Å². The third kappa shape index (κ3) is 2.42. The highest BCUT2D eigenvalue weighted by atomic mass is 16.5. The van der Waals surface area contributed by atoms with E-state index in [1.165, 1.54) is 20.1 Å². The van der Waals surface area contributed by atoms with Gasteiger partial charge in [0.05, 0.1) is 12.8 Å².